The first kappa shape index (κ1) is 13.9. The van der Waals surface area contributed by atoms with Crippen molar-refractivity contribution < 1.29 is 9.53 Å². The molecule has 0 aliphatic rings. The minimum atomic E-state index is -0.0450. The van der Waals surface area contributed by atoms with Crippen LogP contribution in [-0.4, -0.2) is 42.1 Å². The van der Waals surface area contributed by atoms with E-state index in [1.54, 1.807) is 17.0 Å². The van der Waals surface area contributed by atoms with E-state index in [4.69, 9.17) is 16.3 Å². The summed E-state index contributed by atoms with van der Waals surface area (Å²) in [6, 6.07) is 3.30. The number of halogens is 1. The molecule has 0 atom stereocenters. The molecule has 1 rings (SSSR count). The van der Waals surface area contributed by atoms with Crippen LogP contribution in [0, 0.1) is 0 Å². The highest BCUT2D eigenvalue weighted by atomic mass is 35.5. The molecule has 1 aromatic rings. The molecule has 5 heteroatoms. The number of carbonyl (C=O) groups excluding carboxylic acids is 1. The van der Waals surface area contributed by atoms with E-state index in [9.17, 15) is 4.79 Å². The van der Waals surface area contributed by atoms with E-state index >= 15 is 0 Å². The number of amides is 1. The van der Waals surface area contributed by atoms with Gasteiger partial charge < -0.3 is 9.64 Å². The van der Waals surface area contributed by atoms with Crippen LogP contribution >= 0.6 is 11.6 Å². The number of hydrogen-bond donors (Lipinski definition) is 0. The van der Waals surface area contributed by atoms with Crippen LogP contribution in [0.25, 0.3) is 0 Å². The average molecular weight is 257 g/mol. The van der Waals surface area contributed by atoms with Crippen molar-refractivity contribution in [1.29, 1.82) is 0 Å². The Morgan fingerprint density at radius 1 is 1.47 bits per heavy atom. The minimum absolute atomic E-state index is 0.0450. The number of rotatable bonds is 6. The molecule has 0 saturated heterocycles. The van der Waals surface area contributed by atoms with Crippen LogP contribution in [0.15, 0.2) is 18.3 Å². The van der Waals surface area contributed by atoms with Crippen LogP contribution < -0.4 is 0 Å². The van der Waals surface area contributed by atoms with E-state index in [0.717, 1.165) is 0 Å². The molecule has 0 aromatic carbocycles. The van der Waals surface area contributed by atoms with Crippen molar-refractivity contribution in [3.63, 3.8) is 0 Å². The van der Waals surface area contributed by atoms with Gasteiger partial charge in [0.05, 0.1) is 12.2 Å². The molecule has 0 fully saturated rings. The lowest BCUT2D eigenvalue weighted by molar-refractivity contribution is 0.0669. The predicted molar refractivity (Wildman–Crippen MR) is 67.3 cm³/mol. The highest BCUT2D eigenvalue weighted by Crippen LogP contribution is 2.08. The topological polar surface area (TPSA) is 42.4 Å². The standard InChI is InChI=1S/C12H17ClN2O2/c1-3-15(7-8-17-4-2)12(16)10-5-6-11(13)14-9-10/h5-6,9H,3-4,7-8H2,1-2H3. The summed E-state index contributed by atoms with van der Waals surface area (Å²) in [7, 11) is 0. The van der Waals surface area contributed by atoms with Gasteiger partial charge in [-0.1, -0.05) is 11.6 Å². The molecule has 4 nitrogen and oxygen atoms in total. The largest absolute Gasteiger partial charge is 0.380 e. The van der Waals surface area contributed by atoms with Crippen LogP contribution in [0.3, 0.4) is 0 Å². The Morgan fingerprint density at radius 3 is 2.76 bits per heavy atom. The maximum atomic E-state index is 12.1. The Balaban J connectivity index is 2.62. The van der Waals surface area contributed by atoms with Gasteiger partial charge in [0, 0.05) is 25.9 Å². The molecule has 94 valence electrons. The Bertz CT molecular complexity index is 354. The van der Waals surface area contributed by atoms with E-state index in [2.05, 4.69) is 4.98 Å². The predicted octanol–water partition coefficient (Wildman–Crippen LogP) is 2.23. The SMILES string of the molecule is CCOCCN(CC)C(=O)c1ccc(Cl)nc1. The van der Waals surface area contributed by atoms with E-state index in [0.29, 0.717) is 37.0 Å². The molecule has 0 bridgehead atoms. The lowest BCUT2D eigenvalue weighted by Crippen LogP contribution is -2.33. The van der Waals surface area contributed by atoms with Crippen LogP contribution in [0.4, 0.5) is 0 Å². The number of nitrogens with zero attached hydrogens (tertiary/aromatic N) is 2. The van der Waals surface area contributed by atoms with E-state index in [1.807, 2.05) is 13.8 Å². The minimum Gasteiger partial charge on any atom is -0.380 e. The van der Waals surface area contributed by atoms with Crippen molar-refractivity contribution in [1.82, 2.24) is 9.88 Å². The van der Waals surface area contributed by atoms with Crippen molar-refractivity contribution in [2.24, 2.45) is 0 Å². The molecule has 0 unspecified atom stereocenters. The second kappa shape index (κ2) is 7.25. The van der Waals surface area contributed by atoms with Gasteiger partial charge in [-0.25, -0.2) is 4.98 Å². The summed E-state index contributed by atoms with van der Waals surface area (Å²) < 4.78 is 5.24. The molecule has 17 heavy (non-hydrogen) atoms. The summed E-state index contributed by atoms with van der Waals surface area (Å²) >= 11 is 5.68. The molecular formula is C12H17ClN2O2. The molecule has 0 aliphatic carbocycles. The van der Waals surface area contributed by atoms with Crippen LogP contribution in [0.1, 0.15) is 24.2 Å². The summed E-state index contributed by atoms with van der Waals surface area (Å²) in [5.74, 6) is -0.0450. The molecule has 0 spiro atoms. The summed E-state index contributed by atoms with van der Waals surface area (Å²) in [5.41, 5.74) is 0.549. The van der Waals surface area contributed by atoms with Gasteiger partial charge in [-0.15, -0.1) is 0 Å². The Morgan fingerprint density at radius 2 is 2.24 bits per heavy atom. The number of aromatic nitrogens is 1. The van der Waals surface area contributed by atoms with Crippen LogP contribution in [-0.2, 0) is 4.74 Å². The van der Waals surface area contributed by atoms with Gasteiger partial charge in [0.25, 0.3) is 5.91 Å². The molecule has 0 N–H and O–H groups in total. The Hall–Kier alpha value is -1.13. The van der Waals surface area contributed by atoms with Crippen molar-refractivity contribution in [2.75, 3.05) is 26.3 Å². The Kier molecular flexibility index (Phi) is 5.94. The Labute approximate surface area is 107 Å². The maximum Gasteiger partial charge on any atom is 0.255 e. The van der Waals surface area contributed by atoms with Gasteiger partial charge in [0.1, 0.15) is 5.15 Å². The van der Waals surface area contributed by atoms with E-state index in [1.165, 1.54) is 6.20 Å². The van der Waals surface area contributed by atoms with Crippen LogP contribution in [0.2, 0.25) is 5.15 Å². The van der Waals surface area contributed by atoms with Gasteiger partial charge in [-0.05, 0) is 26.0 Å². The van der Waals surface area contributed by atoms with Gasteiger partial charge in [0.15, 0.2) is 0 Å². The van der Waals surface area contributed by atoms with E-state index < -0.39 is 0 Å². The first-order chi connectivity index (χ1) is 8.19. The molecule has 0 saturated carbocycles. The molecular weight excluding hydrogens is 240 g/mol. The normalized spacial score (nSPS) is 10.3. The highest BCUT2D eigenvalue weighted by molar-refractivity contribution is 6.29. The van der Waals surface area contributed by atoms with Crippen molar-refractivity contribution in [2.45, 2.75) is 13.8 Å². The third-order valence-corrected chi connectivity index (χ3v) is 2.58. The molecule has 1 heterocycles. The smallest absolute Gasteiger partial charge is 0.255 e. The maximum absolute atomic E-state index is 12.1. The fourth-order valence-corrected chi connectivity index (χ4v) is 1.52. The molecule has 1 aromatic heterocycles. The third kappa shape index (κ3) is 4.32. The number of carbonyl (C=O) groups is 1. The second-order valence-electron chi connectivity index (χ2n) is 3.45. The zero-order chi connectivity index (χ0) is 12.7. The lowest BCUT2D eigenvalue weighted by Gasteiger charge is -2.20. The quantitative estimate of drug-likeness (QED) is 0.579. The van der Waals surface area contributed by atoms with Gasteiger partial charge in [-0.2, -0.15) is 0 Å². The zero-order valence-corrected chi connectivity index (χ0v) is 10.9. The summed E-state index contributed by atoms with van der Waals surface area (Å²) in [5, 5.41) is 0.388. The fourth-order valence-electron chi connectivity index (χ4n) is 1.41. The molecule has 0 aliphatic heterocycles. The van der Waals surface area contributed by atoms with Gasteiger partial charge in [-0.3, -0.25) is 4.79 Å². The monoisotopic (exact) mass is 256 g/mol. The van der Waals surface area contributed by atoms with Crippen molar-refractivity contribution in [3.8, 4) is 0 Å². The van der Waals surface area contributed by atoms with E-state index in [-0.39, 0.29) is 5.91 Å². The molecule has 1 amide bonds. The summed E-state index contributed by atoms with van der Waals surface area (Å²) in [4.78, 5) is 17.7. The number of likely N-dealkylation sites (N-methyl/N-ethyl adjacent to an activating group) is 1. The molecule has 0 radical (unpaired) electrons. The first-order valence-electron chi connectivity index (χ1n) is 5.67. The zero-order valence-electron chi connectivity index (χ0n) is 10.1. The van der Waals surface area contributed by atoms with Crippen molar-refractivity contribution in [3.05, 3.63) is 29.0 Å². The van der Waals surface area contributed by atoms with Crippen molar-refractivity contribution >= 4 is 17.5 Å². The second-order valence-corrected chi connectivity index (χ2v) is 3.84. The van der Waals surface area contributed by atoms with Crippen LogP contribution in [0.5, 0.6) is 0 Å². The summed E-state index contributed by atoms with van der Waals surface area (Å²) in [6.07, 6.45) is 1.49. The fraction of sp³-hybridized carbons (Fsp3) is 0.500. The first-order valence-corrected chi connectivity index (χ1v) is 6.05. The third-order valence-electron chi connectivity index (χ3n) is 2.35. The average Bonchev–Trinajstić information content (AvgIpc) is 2.35. The number of ether oxygens (including phenoxy) is 1. The van der Waals surface area contributed by atoms with Gasteiger partial charge >= 0.3 is 0 Å². The highest BCUT2D eigenvalue weighted by Gasteiger charge is 2.13. The van der Waals surface area contributed by atoms with Gasteiger partial charge in [0.2, 0.25) is 0 Å². The summed E-state index contributed by atoms with van der Waals surface area (Å²) in [6.45, 7) is 6.32. The number of hydrogen-bond acceptors (Lipinski definition) is 3. The number of pyridine rings is 1. The lowest BCUT2D eigenvalue weighted by atomic mass is 10.2.